The van der Waals surface area contributed by atoms with Crippen molar-refractivity contribution in [1.82, 2.24) is 9.88 Å². The zero-order chi connectivity index (χ0) is 14.2. The number of aryl methyl sites for hydroxylation is 2. The van der Waals surface area contributed by atoms with Crippen molar-refractivity contribution in [2.75, 3.05) is 6.54 Å². The van der Waals surface area contributed by atoms with Gasteiger partial charge >= 0.3 is 0 Å². The number of carbonyl (C=O) groups is 1. The van der Waals surface area contributed by atoms with E-state index in [-0.39, 0.29) is 5.78 Å². The average Bonchev–Trinajstić information content (AvgIpc) is 2.60. The Morgan fingerprint density at radius 1 is 1.32 bits per heavy atom. The van der Waals surface area contributed by atoms with E-state index in [0.29, 0.717) is 12.6 Å². The van der Waals surface area contributed by atoms with Crippen LogP contribution in [0.2, 0.25) is 0 Å². The van der Waals surface area contributed by atoms with Gasteiger partial charge in [0.05, 0.1) is 12.1 Å². The molecule has 1 aromatic carbocycles. The number of Topliss-reactive ketones (excluding diaryl/α,β-unsaturated/α-hetero) is 1. The van der Waals surface area contributed by atoms with E-state index in [1.807, 2.05) is 40.0 Å². The van der Waals surface area contributed by atoms with Gasteiger partial charge in [-0.05, 0) is 19.4 Å². The molecule has 3 heteroatoms. The number of hydrogen-bond acceptors (Lipinski definition) is 2. The van der Waals surface area contributed by atoms with Crippen LogP contribution in [0.25, 0.3) is 10.9 Å². The number of hydrogen-bond donors (Lipinski definition) is 1. The van der Waals surface area contributed by atoms with E-state index in [0.717, 1.165) is 22.2 Å². The van der Waals surface area contributed by atoms with Crippen molar-refractivity contribution in [1.29, 1.82) is 0 Å². The molecule has 1 heterocycles. The predicted octanol–water partition coefficient (Wildman–Crippen LogP) is 2.98. The number of ketones is 1. The molecule has 0 spiro atoms. The summed E-state index contributed by atoms with van der Waals surface area (Å²) >= 11 is 0. The lowest BCUT2D eigenvalue weighted by molar-refractivity contribution is 0.0989. The molecule has 19 heavy (non-hydrogen) atoms. The number of nitrogens with one attached hydrogen (secondary N) is 1. The molecular formula is C16H22N2O. The lowest BCUT2D eigenvalue weighted by Gasteiger charge is -2.07. The summed E-state index contributed by atoms with van der Waals surface area (Å²) in [4.78, 5) is 12.4. The van der Waals surface area contributed by atoms with E-state index >= 15 is 0 Å². The Hall–Kier alpha value is -1.61. The maximum absolute atomic E-state index is 12.4. The van der Waals surface area contributed by atoms with Crippen LogP contribution in [0.15, 0.2) is 18.2 Å². The smallest absolute Gasteiger partial charge is 0.179 e. The lowest BCUT2D eigenvalue weighted by atomic mass is 10.0. The molecule has 0 atom stereocenters. The molecule has 0 fully saturated rings. The molecular weight excluding hydrogens is 236 g/mol. The Labute approximate surface area is 114 Å². The molecule has 102 valence electrons. The van der Waals surface area contributed by atoms with Crippen LogP contribution in [0.4, 0.5) is 0 Å². The first kappa shape index (κ1) is 13.8. The number of fused-ring (bicyclic) bond motifs is 1. The van der Waals surface area contributed by atoms with Gasteiger partial charge in [-0.1, -0.05) is 32.0 Å². The van der Waals surface area contributed by atoms with E-state index in [2.05, 4.69) is 22.9 Å². The minimum Gasteiger partial charge on any atom is -0.347 e. The number of aromatic nitrogens is 1. The second-order valence-electron chi connectivity index (χ2n) is 5.45. The van der Waals surface area contributed by atoms with Gasteiger partial charge in [-0.2, -0.15) is 0 Å². The molecule has 2 rings (SSSR count). The normalized spacial score (nSPS) is 11.5. The predicted molar refractivity (Wildman–Crippen MR) is 79.9 cm³/mol. The van der Waals surface area contributed by atoms with Crippen LogP contribution in [-0.4, -0.2) is 22.9 Å². The third-order valence-corrected chi connectivity index (χ3v) is 3.66. The minimum atomic E-state index is 0.169. The summed E-state index contributed by atoms with van der Waals surface area (Å²) in [6.45, 7) is 8.59. The molecule has 0 unspecified atom stereocenters. The molecule has 2 aromatic rings. The zero-order valence-electron chi connectivity index (χ0n) is 12.4. The topological polar surface area (TPSA) is 34.0 Å². The van der Waals surface area contributed by atoms with Gasteiger partial charge in [0.15, 0.2) is 5.78 Å². The molecule has 0 aliphatic carbocycles. The third kappa shape index (κ3) is 2.43. The largest absolute Gasteiger partial charge is 0.347 e. The van der Waals surface area contributed by atoms with Crippen molar-refractivity contribution in [2.24, 2.45) is 7.05 Å². The highest BCUT2D eigenvalue weighted by Gasteiger charge is 2.19. The average molecular weight is 258 g/mol. The van der Waals surface area contributed by atoms with Gasteiger partial charge in [0, 0.05) is 29.7 Å². The van der Waals surface area contributed by atoms with Crippen LogP contribution in [0.5, 0.6) is 0 Å². The molecule has 1 N–H and O–H groups in total. The van der Waals surface area contributed by atoms with Gasteiger partial charge < -0.3 is 9.88 Å². The highest BCUT2D eigenvalue weighted by atomic mass is 16.1. The van der Waals surface area contributed by atoms with E-state index in [1.54, 1.807) is 0 Å². The summed E-state index contributed by atoms with van der Waals surface area (Å²) in [6, 6.07) is 6.46. The quantitative estimate of drug-likeness (QED) is 0.855. The standard InChI is InChI=1S/C16H22N2O/c1-10(2)17-9-14(19)15-12(4)18(5)16-11(3)7-6-8-13(15)16/h6-8,10,17H,9H2,1-5H3. The van der Waals surface area contributed by atoms with Crippen LogP contribution >= 0.6 is 0 Å². The van der Waals surface area contributed by atoms with Gasteiger partial charge in [-0.25, -0.2) is 0 Å². The van der Waals surface area contributed by atoms with Gasteiger partial charge in [0.2, 0.25) is 0 Å². The number of rotatable bonds is 4. The number of para-hydroxylation sites is 1. The molecule has 0 aliphatic heterocycles. The molecule has 0 bridgehead atoms. The first-order valence-corrected chi connectivity index (χ1v) is 6.74. The Balaban J connectivity index is 2.52. The molecule has 0 saturated heterocycles. The fourth-order valence-corrected chi connectivity index (χ4v) is 2.57. The van der Waals surface area contributed by atoms with Crippen molar-refractivity contribution in [2.45, 2.75) is 33.7 Å². The minimum absolute atomic E-state index is 0.169. The van der Waals surface area contributed by atoms with Crippen LogP contribution in [0.3, 0.4) is 0 Å². The molecule has 1 aromatic heterocycles. The molecule has 0 aliphatic rings. The summed E-state index contributed by atoms with van der Waals surface area (Å²) in [5.74, 6) is 0.169. The molecule has 0 amide bonds. The van der Waals surface area contributed by atoms with Crippen molar-refractivity contribution < 1.29 is 4.79 Å². The SMILES string of the molecule is Cc1cccc2c(C(=O)CNC(C)C)c(C)n(C)c12. The fourth-order valence-electron chi connectivity index (χ4n) is 2.57. The zero-order valence-corrected chi connectivity index (χ0v) is 12.4. The van der Waals surface area contributed by atoms with Crippen LogP contribution in [-0.2, 0) is 7.05 Å². The number of nitrogens with zero attached hydrogens (tertiary/aromatic N) is 1. The fraction of sp³-hybridized carbons (Fsp3) is 0.438. The Morgan fingerprint density at radius 3 is 2.63 bits per heavy atom. The summed E-state index contributed by atoms with van der Waals surface area (Å²) in [5.41, 5.74) is 4.26. The Bertz CT molecular complexity index is 623. The van der Waals surface area contributed by atoms with Gasteiger partial charge in [0.25, 0.3) is 0 Å². The lowest BCUT2D eigenvalue weighted by Crippen LogP contribution is -2.29. The van der Waals surface area contributed by atoms with Gasteiger partial charge in [-0.15, -0.1) is 0 Å². The number of benzene rings is 1. The first-order valence-electron chi connectivity index (χ1n) is 6.74. The van der Waals surface area contributed by atoms with E-state index in [9.17, 15) is 4.79 Å². The summed E-state index contributed by atoms with van der Waals surface area (Å²) in [6.07, 6.45) is 0. The summed E-state index contributed by atoms with van der Waals surface area (Å²) < 4.78 is 2.12. The van der Waals surface area contributed by atoms with Crippen molar-refractivity contribution in [3.05, 3.63) is 35.0 Å². The van der Waals surface area contributed by atoms with E-state index in [4.69, 9.17) is 0 Å². The second-order valence-corrected chi connectivity index (χ2v) is 5.45. The van der Waals surface area contributed by atoms with E-state index in [1.165, 1.54) is 5.56 Å². The first-order chi connectivity index (χ1) is 8.93. The van der Waals surface area contributed by atoms with Crippen molar-refractivity contribution in [3.63, 3.8) is 0 Å². The van der Waals surface area contributed by atoms with Crippen LogP contribution < -0.4 is 5.32 Å². The van der Waals surface area contributed by atoms with Gasteiger partial charge in [-0.3, -0.25) is 4.79 Å². The summed E-state index contributed by atoms with van der Waals surface area (Å²) in [7, 11) is 2.03. The van der Waals surface area contributed by atoms with Crippen LogP contribution in [0.1, 0.15) is 35.5 Å². The molecule has 3 nitrogen and oxygen atoms in total. The highest BCUT2D eigenvalue weighted by molar-refractivity contribution is 6.10. The second kappa shape index (κ2) is 5.17. The maximum atomic E-state index is 12.4. The molecule has 0 radical (unpaired) electrons. The van der Waals surface area contributed by atoms with Crippen molar-refractivity contribution in [3.8, 4) is 0 Å². The maximum Gasteiger partial charge on any atom is 0.179 e. The van der Waals surface area contributed by atoms with Crippen molar-refractivity contribution >= 4 is 16.7 Å². The van der Waals surface area contributed by atoms with Gasteiger partial charge in [0.1, 0.15) is 0 Å². The van der Waals surface area contributed by atoms with Crippen LogP contribution in [0, 0.1) is 13.8 Å². The monoisotopic (exact) mass is 258 g/mol. The Morgan fingerprint density at radius 2 is 2.00 bits per heavy atom. The third-order valence-electron chi connectivity index (χ3n) is 3.66. The highest BCUT2D eigenvalue weighted by Crippen LogP contribution is 2.27. The number of carbonyl (C=O) groups excluding carboxylic acids is 1. The molecule has 0 saturated carbocycles. The summed E-state index contributed by atoms with van der Waals surface area (Å²) in [5, 5.41) is 4.27. The Kier molecular flexibility index (Phi) is 3.76. The van der Waals surface area contributed by atoms with E-state index < -0.39 is 0 Å².